The Kier molecular flexibility index (Phi) is 28.2. The number of aromatic nitrogens is 1. The van der Waals surface area contributed by atoms with Crippen LogP contribution in [-0.2, 0) is 11.2 Å². The van der Waals surface area contributed by atoms with Crippen molar-refractivity contribution in [3.05, 3.63) is 72.1 Å². The fourth-order valence-electron chi connectivity index (χ4n) is 2.45. The predicted octanol–water partition coefficient (Wildman–Crippen LogP) is 6.81. The average Bonchev–Trinajstić information content (AvgIpc) is 3.09. The molecule has 30 heavy (non-hydrogen) atoms. The van der Waals surface area contributed by atoms with Crippen molar-refractivity contribution in [2.24, 2.45) is 5.73 Å². The average molecular weight is 417 g/mol. The van der Waals surface area contributed by atoms with Crippen LogP contribution in [0.3, 0.4) is 0 Å². The Balaban J connectivity index is -0.000000376. The van der Waals surface area contributed by atoms with E-state index in [4.69, 9.17) is 0 Å². The van der Waals surface area contributed by atoms with Gasteiger partial charge in [-0.3, -0.25) is 9.36 Å². The summed E-state index contributed by atoms with van der Waals surface area (Å²) in [5.74, 6) is -0.189. The molecule has 0 amide bonds. The molecule has 1 heterocycles. The van der Waals surface area contributed by atoms with Crippen LogP contribution in [0.2, 0.25) is 0 Å². The molecule has 0 aliphatic heterocycles. The normalized spacial score (nSPS) is 9.20. The number of carbonyl (C=O) groups is 2. The number of hydrogen-bond acceptors (Lipinski definition) is 3. The molecule has 0 aromatic carbocycles. The van der Waals surface area contributed by atoms with Crippen molar-refractivity contribution in [3.8, 4) is 0 Å². The van der Waals surface area contributed by atoms with Gasteiger partial charge in [-0.25, -0.2) is 0 Å². The van der Waals surface area contributed by atoms with Crippen molar-refractivity contribution in [1.82, 2.24) is 4.57 Å². The van der Waals surface area contributed by atoms with E-state index in [1.54, 1.807) is 41.0 Å². The topological polar surface area (TPSA) is 65.1 Å². The Morgan fingerprint density at radius 2 is 1.50 bits per heavy atom. The summed E-state index contributed by atoms with van der Waals surface area (Å²) in [6, 6.07) is 0. The lowest BCUT2D eigenvalue weighted by Gasteiger charge is -2.09. The minimum Gasteiger partial charge on any atom is -0.333 e. The number of allylic oxidation sites excluding steroid dienone is 5. The highest BCUT2D eigenvalue weighted by Crippen LogP contribution is 2.26. The van der Waals surface area contributed by atoms with Gasteiger partial charge in [0.05, 0.1) is 5.69 Å². The van der Waals surface area contributed by atoms with Gasteiger partial charge in [-0.1, -0.05) is 91.7 Å². The van der Waals surface area contributed by atoms with Gasteiger partial charge < -0.3 is 10.5 Å². The van der Waals surface area contributed by atoms with E-state index < -0.39 is 0 Å². The first-order valence-electron chi connectivity index (χ1n) is 10.6. The number of rotatable bonds is 7. The SMILES string of the molecule is C=C/C=C(\C=C/C)C(=O)n1c(C)c(CC=O)c(C=C)c1C=C.CC.CC.CC.CN. The molecule has 0 saturated carbocycles. The maximum Gasteiger partial charge on any atom is 0.262 e. The molecule has 0 bridgehead atoms. The van der Waals surface area contributed by atoms with Crippen LogP contribution < -0.4 is 5.73 Å². The smallest absolute Gasteiger partial charge is 0.262 e. The van der Waals surface area contributed by atoms with Gasteiger partial charge >= 0.3 is 0 Å². The lowest BCUT2D eigenvalue weighted by atomic mass is 10.1. The van der Waals surface area contributed by atoms with Gasteiger partial charge in [-0.2, -0.15) is 0 Å². The number of carbonyl (C=O) groups excluding carboxylic acids is 2. The molecule has 0 atom stereocenters. The zero-order chi connectivity index (χ0) is 24.7. The third-order valence-electron chi connectivity index (χ3n) is 3.39. The van der Waals surface area contributed by atoms with Gasteiger partial charge in [0.25, 0.3) is 5.91 Å². The fourth-order valence-corrected chi connectivity index (χ4v) is 2.45. The van der Waals surface area contributed by atoms with Crippen molar-refractivity contribution in [3.63, 3.8) is 0 Å². The third kappa shape index (κ3) is 10.2. The van der Waals surface area contributed by atoms with Crippen LogP contribution in [0.15, 0.2) is 49.6 Å². The van der Waals surface area contributed by atoms with Crippen LogP contribution >= 0.6 is 0 Å². The van der Waals surface area contributed by atoms with Crippen LogP contribution in [0.25, 0.3) is 12.2 Å². The monoisotopic (exact) mass is 416 g/mol. The predicted molar refractivity (Wildman–Crippen MR) is 137 cm³/mol. The van der Waals surface area contributed by atoms with E-state index in [1.165, 1.54) is 7.05 Å². The molecular weight excluding hydrogens is 372 g/mol. The van der Waals surface area contributed by atoms with Crippen LogP contribution in [0.4, 0.5) is 0 Å². The van der Waals surface area contributed by atoms with Crippen LogP contribution in [0.1, 0.15) is 75.8 Å². The molecule has 4 nitrogen and oxygen atoms in total. The number of aldehydes is 1. The maximum absolute atomic E-state index is 12.8. The highest BCUT2D eigenvalue weighted by atomic mass is 16.2. The van der Waals surface area contributed by atoms with E-state index in [1.807, 2.05) is 55.4 Å². The lowest BCUT2D eigenvalue weighted by molar-refractivity contribution is -0.107. The molecule has 0 radical (unpaired) electrons. The number of hydrogen-bond donors (Lipinski definition) is 1. The minimum absolute atomic E-state index is 0.189. The Morgan fingerprint density at radius 3 is 1.83 bits per heavy atom. The van der Waals surface area contributed by atoms with E-state index in [0.717, 1.165) is 23.1 Å². The molecule has 0 aliphatic carbocycles. The minimum atomic E-state index is -0.189. The second-order valence-electron chi connectivity index (χ2n) is 4.64. The van der Waals surface area contributed by atoms with Crippen LogP contribution in [0, 0.1) is 6.92 Å². The van der Waals surface area contributed by atoms with E-state index in [9.17, 15) is 9.59 Å². The summed E-state index contributed by atoms with van der Waals surface area (Å²) in [7, 11) is 1.50. The Bertz CT molecular complexity index is 690. The summed E-state index contributed by atoms with van der Waals surface area (Å²) in [6.07, 6.45) is 11.1. The maximum atomic E-state index is 12.8. The van der Waals surface area contributed by atoms with E-state index in [-0.39, 0.29) is 12.3 Å². The molecule has 4 heteroatoms. The lowest BCUT2D eigenvalue weighted by Crippen LogP contribution is -2.16. The van der Waals surface area contributed by atoms with Gasteiger partial charge in [0.2, 0.25) is 0 Å². The molecule has 0 spiro atoms. The summed E-state index contributed by atoms with van der Waals surface area (Å²) in [5.41, 5.74) is 7.94. The quantitative estimate of drug-likeness (QED) is 0.302. The molecular formula is C26H44N2O2. The summed E-state index contributed by atoms with van der Waals surface area (Å²) < 4.78 is 1.57. The van der Waals surface area contributed by atoms with Gasteiger partial charge in [-0.05, 0) is 32.5 Å². The standard InChI is InChI=1S/C19H21NO2.3C2H6.CH5N/c1-6-10-15(11-7-2)19(22)20-14(5)17(12-13-21)16(8-3)18(20)9-4;4*1-2/h6-11,13H,1,3-4,12H2,2,5H3;3*1-2H3;2H2,1H3/b11-7-,15-10+;;;;. The molecule has 0 fully saturated rings. The van der Waals surface area contributed by atoms with Gasteiger partial charge in [0.1, 0.15) is 6.29 Å². The zero-order valence-electron chi connectivity index (χ0n) is 20.7. The molecule has 0 aliphatic rings. The van der Waals surface area contributed by atoms with Crippen molar-refractivity contribution < 1.29 is 9.59 Å². The summed E-state index contributed by atoms with van der Waals surface area (Å²) in [4.78, 5) is 23.8. The fraction of sp³-hybridized carbons (Fsp3) is 0.385. The summed E-state index contributed by atoms with van der Waals surface area (Å²) in [5, 5.41) is 0. The molecule has 170 valence electrons. The van der Waals surface area contributed by atoms with E-state index in [0.29, 0.717) is 11.3 Å². The Labute approximate surface area is 185 Å². The molecule has 1 rings (SSSR count). The molecule has 0 unspecified atom stereocenters. The first-order chi connectivity index (χ1) is 14.6. The van der Waals surface area contributed by atoms with E-state index in [2.05, 4.69) is 25.5 Å². The van der Waals surface area contributed by atoms with E-state index >= 15 is 0 Å². The molecule has 1 aromatic rings. The second kappa shape index (κ2) is 24.3. The van der Waals surface area contributed by atoms with Crippen molar-refractivity contribution >= 4 is 24.3 Å². The highest BCUT2D eigenvalue weighted by Gasteiger charge is 2.21. The van der Waals surface area contributed by atoms with Gasteiger partial charge in [0, 0.05) is 23.3 Å². The van der Waals surface area contributed by atoms with Crippen molar-refractivity contribution in [2.75, 3.05) is 7.05 Å². The zero-order valence-corrected chi connectivity index (χ0v) is 20.7. The van der Waals surface area contributed by atoms with Crippen LogP contribution in [0.5, 0.6) is 0 Å². The first kappa shape index (κ1) is 34.8. The first-order valence-corrected chi connectivity index (χ1v) is 10.6. The third-order valence-corrected chi connectivity index (χ3v) is 3.39. The van der Waals surface area contributed by atoms with Gasteiger partial charge in [0.15, 0.2) is 0 Å². The molecule has 1 aromatic heterocycles. The Morgan fingerprint density at radius 1 is 1.00 bits per heavy atom. The highest BCUT2D eigenvalue weighted by molar-refractivity contribution is 6.01. The number of nitrogens with zero attached hydrogens (tertiary/aromatic N) is 1. The summed E-state index contributed by atoms with van der Waals surface area (Å²) >= 11 is 0. The molecule has 2 N–H and O–H groups in total. The van der Waals surface area contributed by atoms with Crippen molar-refractivity contribution in [1.29, 1.82) is 0 Å². The van der Waals surface area contributed by atoms with Crippen molar-refractivity contribution in [2.45, 2.75) is 61.8 Å². The number of nitrogens with two attached hydrogens (primary N) is 1. The second-order valence-corrected chi connectivity index (χ2v) is 4.64. The largest absolute Gasteiger partial charge is 0.333 e. The summed E-state index contributed by atoms with van der Waals surface area (Å²) in [6.45, 7) is 26.9. The Hall–Kier alpha value is -2.72. The van der Waals surface area contributed by atoms with Gasteiger partial charge in [-0.15, -0.1) is 0 Å². The van der Waals surface area contributed by atoms with Crippen LogP contribution in [-0.4, -0.2) is 23.8 Å². The molecule has 0 saturated heterocycles.